The number of ether oxygens (including phenoxy) is 2. The van der Waals surface area contributed by atoms with Gasteiger partial charge >= 0.3 is 0 Å². The van der Waals surface area contributed by atoms with Gasteiger partial charge in [0.15, 0.2) is 0 Å². The molecule has 17 heavy (non-hydrogen) atoms. The average Bonchev–Trinajstić information content (AvgIpc) is 2.28. The van der Waals surface area contributed by atoms with Crippen LogP contribution in [0.3, 0.4) is 0 Å². The summed E-state index contributed by atoms with van der Waals surface area (Å²) in [5.74, 6) is 0.825. The van der Waals surface area contributed by atoms with Gasteiger partial charge in [0.2, 0.25) is 0 Å². The first-order chi connectivity index (χ1) is 8.11. The van der Waals surface area contributed by atoms with Crippen LogP contribution in [0.15, 0.2) is 27.1 Å². The van der Waals surface area contributed by atoms with Gasteiger partial charge in [0, 0.05) is 17.5 Å². The summed E-state index contributed by atoms with van der Waals surface area (Å²) in [6, 6.07) is 5.84. The van der Waals surface area contributed by atoms with Crippen molar-refractivity contribution < 1.29 is 9.47 Å². The number of hydrogen-bond donors (Lipinski definition) is 0. The maximum atomic E-state index is 6.10. The van der Waals surface area contributed by atoms with Crippen molar-refractivity contribution >= 4 is 43.5 Å². The lowest BCUT2D eigenvalue weighted by molar-refractivity contribution is -0.0762. The van der Waals surface area contributed by atoms with Gasteiger partial charge in [-0.2, -0.15) is 0 Å². The van der Waals surface area contributed by atoms with Gasteiger partial charge in [0.1, 0.15) is 18.0 Å². The molecule has 1 aliphatic rings. The van der Waals surface area contributed by atoms with Crippen LogP contribution in [-0.4, -0.2) is 24.2 Å². The molecular weight excluding hydrogens is 371 g/mol. The second-order valence-electron chi connectivity index (χ2n) is 3.90. The highest BCUT2D eigenvalue weighted by Crippen LogP contribution is 2.36. The fraction of sp³-hybridized carbons (Fsp3) is 0.500. The minimum absolute atomic E-state index is 0.00258. The molecule has 0 bridgehead atoms. The summed E-state index contributed by atoms with van der Waals surface area (Å²) in [5, 5.41) is 0.0640. The number of halogens is 3. The normalized spacial score (nSPS) is 27.6. The molecule has 0 saturated heterocycles. The van der Waals surface area contributed by atoms with E-state index >= 15 is 0 Å². The van der Waals surface area contributed by atoms with E-state index in [1.807, 2.05) is 25.1 Å². The fourth-order valence-corrected chi connectivity index (χ4v) is 3.33. The molecule has 0 radical (unpaired) electrons. The molecule has 0 heterocycles. The predicted molar refractivity (Wildman–Crippen MR) is 75.9 cm³/mol. The highest BCUT2D eigenvalue weighted by Gasteiger charge is 2.42. The minimum atomic E-state index is -0.00258. The summed E-state index contributed by atoms with van der Waals surface area (Å²) < 4.78 is 13.4. The summed E-state index contributed by atoms with van der Waals surface area (Å²) >= 11 is 13.0. The van der Waals surface area contributed by atoms with Crippen molar-refractivity contribution in [2.24, 2.45) is 0 Å². The van der Waals surface area contributed by atoms with Crippen LogP contribution in [-0.2, 0) is 4.74 Å². The molecule has 2 nitrogen and oxygen atoms in total. The molecule has 3 atom stereocenters. The molecular formula is C12H13Br2ClO2. The standard InChI is InChI=1S/C12H13Br2ClO2/c1-2-16-12-9(15)6-11(12)17-10-4-3-7(13)5-8(10)14/h3-5,9,11-12H,2,6H2,1H3. The third-order valence-corrected chi connectivity index (χ3v) is 4.25. The summed E-state index contributed by atoms with van der Waals surface area (Å²) in [5.41, 5.74) is 0. The summed E-state index contributed by atoms with van der Waals surface area (Å²) in [4.78, 5) is 0. The van der Waals surface area contributed by atoms with Crippen LogP contribution >= 0.6 is 43.5 Å². The largest absolute Gasteiger partial charge is 0.486 e. The van der Waals surface area contributed by atoms with Crippen LogP contribution in [0.25, 0.3) is 0 Å². The SMILES string of the molecule is CCOC1C(Cl)CC1Oc1ccc(Br)cc1Br. The van der Waals surface area contributed by atoms with Gasteiger partial charge in [-0.05, 0) is 41.1 Å². The smallest absolute Gasteiger partial charge is 0.134 e. The van der Waals surface area contributed by atoms with E-state index in [1.165, 1.54) is 0 Å². The Kier molecular flexibility index (Phi) is 4.75. The van der Waals surface area contributed by atoms with Crippen LogP contribution in [0.1, 0.15) is 13.3 Å². The fourth-order valence-electron chi connectivity index (χ4n) is 1.78. The van der Waals surface area contributed by atoms with Gasteiger partial charge < -0.3 is 9.47 Å². The van der Waals surface area contributed by atoms with Crippen molar-refractivity contribution in [2.45, 2.75) is 30.9 Å². The maximum absolute atomic E-state index is 6.10. The molecule has 0 amide bonds. The van der Waals surface area contributed by atoms with Crippen molar-refractivity contribution in [2.75, 3.05) is 6.61 Å². The second kappa shape index (κ2) is 5.91. The lowest BCUT2D eigenvalue weighted by Gasteiger charge is -2.40. The van der Waals surface area contributed by atoms with Crippen molar-refractivity contribution in [1.82, 2.24) is 0 Å². The molecule has 0 spiro atoms. The van der Waals surface area contributed by atoms with Crippen molar-refractivity contribution in [3.05, 3.63) is 27.1 Å². The van der Waals surface area contributed by atoms with E-state index in [2.05, 4.69) is 31.9 Å². The van der Waals surface area contributed by atoms with Gasteiger partial charge in [0.25, 0.3) is 0 Å². The Balaban J connectivity index is 2.01. The lowest BCUT2D eigenvalue weighted by Crippen LogP contribution is -2.52. The summed E-state index contributed by atoms with van der Waals surface area (Å²) in [7, 11) is 0. The molecule has 94 valence electrons. The molecule has 0 aromatic heterocycles. The topological polar surface area (TPSA) is 18.5 Å². The number of alkyl halides is 1. The van der Waals surface area contributed by atoms with Crippen LogP contribution in [0, 0.1) is 0 Å². The lowest BCUT2D eigenvalue weighted by atomic mass is 9.91. The van der Waals surface area contributed by atoms with Gasteiger partial charge in [-0.25, -0.2) is 0 Å². The predicted octanol–water partition coefficient (Wildman–Crippen LogP) is 4.38. The molecule has 5 heteroatoms. The zero-order valence-electron chi connectivity index (χ0n) is 9.33. The number of rotatable bonds is 4. The summed E-state index contributed by atoms with van der Waals surface area (Å²) in [6.07, 6.45) is 0.876. The van der Waals surface area contributed by atoms with Crippen molar-refractivity contribution in [3.63, 3.8) is 0 Å². The first-order valence-electron chi connectivity index (χ1n) is 5.49. The van der Waals surface area contributed by atoms with Crippen LogP contribution < -0.4 is 4.74 Å². The van der Waals surface area contributed by atoms with E-state index in [9.17, 15) is 0 Å². The first kappa shape index (κ1) is 13.7. The average molecular weight is 384 g/mol. The van der Waals surface area contributed by atoms with E-state index in [0.717, 1.165) is 21.1 Å². The van der Waals surface area contributed by atoms with Crippen LogP contribution in [0.4, 0.5) is 0 Å². The van der Waals surface area contributed by atoms with Crippen molar-refractivity contribution in [1.29, 1.82) is 0 Å². The highest BCUT2D eigenvalue weighted by atomic mass is 79.9. The molecule has 1 fully saturated rings. The molecule has 1 aromatic carbocycles. The molecule has 0 aliphatic heterocycles. The molecule has 1 aromatic rings. The summed E-state index contributed by atoms with van der Waals surface area (Å²) in [6.45, 7) is 2.63. The Morgan fingerprint density at radius 3 is 2.76 bits per heavy atom. The molecule has 1 saturated carbocycles. The third-order valence-electron chi connectivity index (χ3n) is 2.71. The Morgan fingerprint density at radius 2 is 2.18 bits per heavy atom. The Hall–Kier alpha value is 0.230. The van der Waals surface area contributed by atoms with E-state index in [1.54, 1.807) is 0 Å². The van der Waals surface area contributed by atoms with Gasteiger partial charge in [-0.1, -0.05) is 15.9 Å². The Bertz CT molecular complexity index is 400. The van der Waals surface area contributed by atoms with Crippen LogP contribution in [0.2, 0.25) is 0 Å². The van der Waals surface area contributed by atoms with Crippen molar-refractivity contribution in [3.8, 4) is 5.75 Å². The molecule has 0 N–H and O–H groups in total. The Labute approximate surface area is 123 Å². The van der Waals surface area contributed by atoms with E-state index in [-0.39, 0.29) is 17.6 Å². The zero-order valence-corrected chi connectivity index (χ0v) is 13.3. The van der Waals surface area contributed by atoms with Gasteiger partial charge in [-0.15, -0.1) is 11.6 Å². The zero-order chi connectivity index (χ0) is 12.4. The quantitative estimate of drug-likeness (QED) is 0.718. The highest BCUT2D eigenvalue weighted by molar-refractivity contribution is 9.11. The first-order valence-corrected chi connectivity index (χ1v) is 7.51. The van der Waals surface area contributed by atoms with Gasteiger partial charge in [-0.3, -0.25) is 0 Å². The Morgan fingerprint density at radius 1 is 1.41 bits per heavy atom. The molecule has 1 aliphatic carbocycles. The molecule has 2 rings (SSSR count). The minimum Gasteiger partial charge on any atom is -0.486 e. The third kappa shape index (κ3) is 3.16. The maximum Gasteiger partial charge on any atom is 0.134 e. The number of benzene rings is 1. The number of hydrogen-bond acceptors (Lipinski definition) is 2. The monoisotopic (exact) mass is 382 g/mol. The second-order valence-corrected chi connectivity index (χ2v) is 6.23. The van der Waals surface area contributed by atoms with Crippen LogP contribution in [0.5, 0.6) is 5.75 Å². The van der Waals surface area contributed by atoms with E-state index in [4.69, 9.17) is 21.1 Å². The van der Waals surface area contributed by atoms with Gasteiger partial charge in [0.05, 0.1) is 9.85 Å². The molecule has 3 unspecified atom stereocenters. The van der Waals surface area contributed by atoms with E-state index < -0.39 is 0 Å². The van der Waals surface area contributed by atoms with E-state index in [0.29, 0.717) is 6.61 Å².